The van der Waals surface area contributed by atoms with Crippen molar-refractivity contribution in [3.05, 3.63) is 89.5 Å². The molecule has 4 rings (SSSR count). The molecule has 0 saturated carbocycles. The summed E-state index contributed by atoms with van der Waals surface area (Å²) < 4.78 is 5.46. The van der Waals surface area contributed by atoms with Gasteiger partial charge in [-0.15, -0.1) is 0 Å². The Morgan fingerprint density at radius 1 is 0.947 bits per heavy atom. The van der Waals surface area contributed by atoms with Gasteiger partial charge in [0.2, 0.25) is 5.91 Å². The van der Waals surface area contributed by atoms with Gasteiger partial charge < -0.3 is 26.2 Å². The Hall–Kier alpha value is -4.17. The van der Waals surface area contributed by atoms with Crippen molar-refractivity contribution in [3.63, 3.8) is 0 Å². The van der Waals surface area contributed by atoms with E-state index in [0.717, 1.165) is 27.8 Å². The number of carboxylic acids is 1. The van der Waals surface area contributed by atoms with Crippen LogP contribution in [-0.4, -0.2) is 42.3 Å². The molecule has 1 unspecified atom stereocenters. The molecule has 38 heavy (non-hydrogen) atoms. The Morgan fingerprint density at radius 2 is 1.53 bits per heavy atom. The molecule has 2 amide bonds. The number of anilines is 1. The van der Waals surface area contributed by atoms with E-state index >= 15 is 0 Å². The Bertz CT molecular complexity index is 1270. The van der Waals surface area contributed by atoms with Crippen LogP contribution < -0.4 is 16.4 Å². The third kappa shape index (κ3) is 6.39. The second-order valence-corrected chi connectivity index (χ2v) is 10.3. The summed E-state index contributed by atoms with van der Waals surface area (Å²) in [6.45, 7) is 3.26. The van der Waals surface area contributed by atoms with Gasteiger partial charge >= 0.3 is 12.1 Å². The minimum atomic E-state index is -0.895. The topological polar surface area (TPSA) is 131 Å². The van der Waals surface area contributed by atoms with Crippen molar-refractivity contribution in [1.82, 2.24) is 5.32 Å². The molecule has 0 spiro atoms. The number of ether oxygens (including phenoxy) is 1. The molecule has 3 aromatic rings. The number of aliphatic carboxylic acids is 1. The molecule has 0 fully saturated rings. The molecule has 0 saturated heterocycles. The van der Waals surface area contributed by atoms with E-state index < -0.39 is 17.5 Å². The third-order valence-corrected chi connectivity index (χ3v) is 6.82. The Labute approximate surface area is 222 Å². The van der Waals surface area contributed by atoms with Crippen molar-refractivity contribution in [2.45, 2.75) is 38.6 Å². The minimum absolute atomic E-state index is 0.0520. The van der Waals surface area contributed by atoms with Gasteiger partial charge in [0.05, 0.1) is 5.41 Å². The summed E-state index contributed by atoms with van der Waals surface area (Å²) in [4.78, 5) is 35.9. The number of alkyl carbamates (subject to hydrolysis) is 1. The first kappa shape index (κ1) is 26.9. The van der Waals surface area contributed by atoms with Crippen molar-refractivity contribution in [3.8, 4) is 11.1 Å². The third-order valence-electron chi connectivity index (χ3n) is 6.82. The van der Waals surface area contributed by atoms with E-state index in [4.69, 9.17) is 10.5 Å². The van der Waals surface area contributed by atoms with E-state index in [0.29, 0.717) is 18.5 Å². The number of carboxylic acid groups (broad SMARTS) is 1. The zero-order valence-corrected chi connectivity index (χ0v) is 21.6. The number of carbonyl (C=O) groups excluding carboxylic acids is 2. The van der Waals surface area contributed by atoms with Crippen LogP contribution in [-0.2, 0) is 20.7 Å². The van der Waals surface area contributed by atoms with Crippen LogP contribution in [0.25, 0.3) is 11.1 Å². The molecule has 0 radical (unpaired) electrons. The summed E-state index contributed by atoms with van der Waals surface area (Å²) in [5, 5.41) is 14.5. The van der Waals surface area contributed by atoms with Gasteiger partial charge in [-0.25, -0.2) is 4.79 Å². The zero-order chi connectivity index (χ0) is 27.3. The van der Waals surface area contributed by atoms with Gasteiger partial charge in [-0.2, -0.15) is 0 Å². The first-order chi connectivity index (χ1) is 18.1. The van der Waals surface area contributed by atoms with Crippen LogP contribution in [0.5, 0.6) is 0 Å². The first-order valence-corrected chi connectivity index (χ1v) is 12.6. The molecule has 0 aliphatic heterocycles. The molecule has 5 N–H and O–H groups in total. The molecule has 8 heteroatoms. The second-order valence-electron chi connectivity index (χ2n) is 10.3. The molecule has 0 heterocycles. The number of amides is 2. The highest BCUT2D eigenvalue weighted by atomic mass is 16.5. The molecular weight excluding hydrogens is 482 g/mol. The lowest BCUT2D eigenvalue weighted by Crippen LogP contribution is -2.34. The quantitative estimate of drug-likeness (QED) is 0.314. The van der Waals surface area contributed by atoms with E-state index in [1.165, 1.54) is 0 Å². The van der Waals surface area contributed by atoms with Gasteiger partial charge in [0.1, 0.15) is 13.2 Å². The van der Waals surface area contributed by atoms with Gasteiger partial charge in [-0.05, 0) is 66.6 Å². The van der Waals surface area contributed by atoms with Gasteiger partial charge in [-0.3, -0.25) is 9.59 Å². The smallest absolute Gasteiger partial charge is 0.407 e. The highest BCUT2D eigenvalue weighted by molar-refractivity contribution is 5.93. The number of nitrogens with two attached hydrogens (primary N) is 1. The summed E-state index contributed by atoms with van der Waals surface area (Å²) in [6, 6.07) is 23.0. The number of hydrogen-bond donors (Lipinski definition) is 4. The minimum Gasteiger partial charge on any atom is -0.481 e. The molecule has 3 aromatic carbocycles. The lowest BCUT2D eigenvalue weighted by molar-refractivity contribution is -0.147. The lowest BCUT2D eigenvalue weighted by Gasteiger charge is -2.23. The summed E-state index contributed by atoms with van der Waals surface area (Å²) in [7, 11) is 0. The van der Waals surface area contributed by atoms with Gasteiger partial charge in [0.15, 0.2) is 0 Å². The van der Waals surface area contributed by atoms with Gasteiger partial charge in [0.25, 0.3) is 0 Å². The Kier molecular flexibility index (Phi) is 8.12. The predicted molar refractivity (Wildman–Crippen MR) is 146 cm³/mol. The van der Waals surface area contributed by atoms with E-state index in [9.17, 15) is 19.5 Å². The molecule has 8 nitrogen and oxygen atoms in total. The van der Waals surface area contributed by atoms with Crippen LogP contribution in [0.2, 0.25) is 0 Å². The summed E-state index contributed by atoms with van der Waals surface area (Å²) in [5.74, 6) is -1.31. The number of benzene rings is 3. The average Bonchev–Trinajstić information content (AvgIpc) is 3.20. The predicted octanol–water partition coefficient (Wildman–Crippen LogP) is 4.53. The monoisotopic (exact) mass is 515 g/mol. The standard InChI is InChI=1S/C30H33N3O5/c1-30(2,28(35)36)16-20(31)15-19-11-13-21(14-12-19)33-27(34)17-32-29(37)38-18-26-24-9-5-3-7-22(24)23-8-4-6-10-25(23)26/h3-14,20,26H,15-18,31H2,1-2H3,(H,32,37)(H,33,34)(H,35,36). The van der Waals surface area contributed by atoms with Crippen molar-refractivity contribution in [2.24, 2.45) is 11.1 Å². The Balaban J connectivity index is 1.22. The fraction of sp³-hybridized carbons (Fsp3) is 0.300. The fourth-order valence-electron chi connectivity index (χ4n) is 4.85. The molecule has 0 aromatic heterocycles. The SMILES string of the molecule is CC(C)(CC(N)Cc1ccc(NC(=O)CNC(=O)OCC2c3ccccc3-c3ccccc32)cc1)C(=O)O. The maximum Gasteiger partial charge on any atom is 0.407 e. The summed E-state index contributed by atoms with van der Waals surface area (Å²) in [5.41, 5.74) is 11.3. The van der Waals surface area contributed by atoms with E-state index in [1.54, 1.807) is 26.0 Å². The van der Waals surface area contributed by atoms with E-state index in [1.807, 2.05) is 48.5 Å². The number of carbonyl (C=O) groups is 3. The van der Waals surface area contributed by atoms with Crippen LogP contribution in [0.3, 0.4) is 0 Å². The number of hydrogen-bond acceptors (Lipinski definition) is 5. The van der Waals surface area contributed by atoms with Crippen LogP contribution in [0.1, 0.15) is 42.9 Å². The number of fused-ring (bicyclic) bond motifs is 3. The van der Waals surface area contributed by atoms with Crippen molar-refractivity contribution in [2.75, 3.05) is 18.5 Å². The van der Waals surface area contributed by atoms with Gasteiger partial charge in [0, 0.05) is 17.6 Å². The van der Waals surface area contributed by atoms with E-state index in [-0.39, 0.29) is 31.0 Å². The lowest BCUT2D eigenvalue weighted by atomic mass is 9.84. The molecule has 1 aliphatic carbocycles. The first-order valence-electron chi connectivity index (χ1n) is 12.6. The van der Waals surface area contributed by atoms with Crippen LogP contribution in [0.4, 0.5) is 10.5 Å². The summed E-state index contributed by atoms with van der Waals surface area (Å²) in [6.07, 6.45) is 0.215. The van der Waals surface area contributed by atoms with Crippen LogP contribution in [0.15, 0.2) is 72.8 Å². The van der Waals surface area contributed by atoms with Gasteiger partial charge in [-0.1, -0.05) is 60.7 Å². The largest absolute Gasteiger partial charge is 0.481 e. The highest BCUT2D eigenvalue weighted by Crippen LogP contribution is 2.44. The second kappa shape index (κ2) is 11.5. The van der Waals surface area contributed by atoms with Crippen molar-refractivity contribution >= 4 is 23.7 Å². The Morgan fingerprint density at radius 3 is 2.11 bits per heavy atom. The van der Waals surface area contributed by atoms with Crippen molar-refractivity contribution in [1.29, 1.82) is 0 Å². The zero-order valence-electron chi connectivity index (χ0n) is 21.6. The van der Waals surface area contributed by atoms with Crippen LogP contribution in [0, 0.1) is 5.41 Å². The van der Waals surface area contributed by atoms with Crippen molar-refractivity contribution < 1.29 is 24.2 Å². The highest BCUT2D eigenvalue weighted by Gasteiger charge is 2.30. The molecule has 0 bridgehead atoms. The number of nitrogens with one attached hydrogen (secondary N) is 2. The maximum absolute atomic E-state index is 12.3. The summed E-state index contributed by atoms with van der Waals surface area (Å²) >= 11 is 0. The maximum atomic E-state index is 12.3. The fourth-order valence-corrected chi connectivity index (χ4v) is 4.85. The molecule has 1 aliphatic rings. The molecule has 198 valence electrons. The molecule has 1 atom stereocenters. The number of rotatable bonds is 10. The normalized spacial score (nSPS) is 13.2. The molecular formula is C30H33N3O5. The van der Waals surface area contributed by atoms with E-state index in [2.05, 4.69) is 22.8 Å². The van der Waals surface area contributed by atoms with Crippen LogP contribution >= 0.6 is 0 Å². The average molecular weight is 516 g/mol.